The Morgan fingerprint density at radius 1 is 1.17 bits per heavy atom. The number of hydrogen-bond acceptors (Lipinski definition) is 6. The number of carbonyl (C=O) groups is 1. The minimum Gasteiger partial charge on any atom is -0.504 e. The van der Waals surface area contributed by atoms with Crippen LogP contribution in [0.1, 0.15) is 48.8 Å². The molecule has 0 radical (unpaired) electrons. The van der Waals surface area contributed by atoms with Crippen LogP contribution in [0.4, 0.5) is 0 Å². The Morgan fingerprint density at radius 2 is 1.97 bits per heavy atom. The number of nitrogens with zero attached hydrogens (tertiary/aromatic N) is 2. The molecule has 3 fully saturated rings. The summed E-state index contributed by atoms with van der Waals surface area (Å²) < 4.78 is 6.51. The molecule has 7 rings (SSSR count). The van der Waals surface area contributed by atoms with Crippen LogP contribution in [0.3, 0.4) is 0 Å². The molecule has 35 heavy (non-hydrogen) atoms. The number of benzene rings is 1. The van der Waals surface area contributed by atoms with E-state index < -0.39 is 11.0 Å². The summed E-state index contributed by atoms with van der Waals surface area (Å²) in [6, 6.07) is 7.27. The lowest BCUT2D eigenvalue weighted by Crippen LogP contribution is -2.78. The molecular formula is C27H32ClN3O4. The van der Waals surface area contributed by atoms with Crippen molar-refractivity contribution in [2.24, 2.45) is 5.92 Å². The van der Waals surface area contributed by atoms with E-state index in [4.69, 9.17) is 4.74 Å². The number of carbonyl (C=O) groups excluding carboxylic acids is 1. The highest BCUT2D eigenvalue weighted by molar-refractivity contribution is 5.85. The number of ether oxygens (including phenoxy) is 1. The van der Waals surface area contributed by atoms with Crippen LogP contribution in [0.5, 0.6) is 11.5 Å². The van der Waals surface area contributed by atoms with Crippen LogP contribution in [0.25, 0.3) is 0 Å². The molecule has 5 aliphatic rings. The van der Waals surface area contributed by atoms with Crippen molar-refractivity contribution >= 4 is 18.3 Å². The minimum atomic E-state index is -0.927. The average molecular weight is 498 g/mol. The zero-order chi connectivity index (χ0) is 23.1. The van der Waals surface area contributed by atoms with Gasteiger partial charge in [-0.05, 0) is 80.3 Å². The summed E-state index contributed by atoms with van der Waals surface area (Å²) in [5, 5.41) is 26.4. The lowest BCUT2D eigenvalue weighted by atomic mass is 9.48. The van der Waals surface area contributed by atoms with E-state index >= 15 is 0 Å². The van der Waals surface area contributed by atoms with Gasteiger partial charge in [0.25, 0.3) is 0 Å². The average Bonchev–Trinajstić information content (AvgIpc) is 3.56. The Balaban J connectivity index is 0.00000229. The van der Waals surface area contributed by atoms with E-state index in [-0.39, 0.29) is 48.7 Å². The highest BCUT2D eigenvalue weighted by atomic mass is 35.5. The third kappa shape index (κ3) is 3.24. The molecule has 0 unspecified atom stereocenters. The molecule has 1 spiro atoms. The van der Waals surface area contributed by atoms with Crippen molar-refractivity contribution in [1.29, 1.82) is 0 Å². The molecule has 8 heteroatoms. The van der Waals surface area contributed by atoms with Crippen LogP contribution in [-0.4, -0.2) is 62.9 Å². The molecule has 1 aromatic heterocycles. The van der Waals surface area contributed by atoms with Gasteiger partial charge in [0.2, 0.25) is 5.91 Å². The third-order valence-electron chi connectivity index (χ3n) is 9.22. The molecule has 2 aromatic rings. The first-order valence-corrected chi connectivity index (χ1v) is 12.7. The Bertz CT molecular complexity index is 1160. The first kappa shape index (κ1) is 23.1. The van der Waals surface area contributed by atoms with Gasteiger partial charge in [-0.2, -0.15) is 0 Å². The number of nitrogens with one attached hydrogen (secondary N) is 1. The number of rotatable bonds is 5. The molecule has 3 N–H and O–H groups in total. The van der Waals surface area contributed by atoms with E-state index in [1.165, 1.54) is 18.4 Å². The summed E-state index contributed by atoms with van der Waals surface area (Å²) in [6.45, 7) is 1.97. The predicted molar refractivity (Wildman–Crippen MR) is 132 cm³/mol. The fourth-order valence-corrected chi connectivity index (χ4v) is 7.57. The van der Waals surface area contributed by atoms with Gasteiger partial charge in [0.05, 0.1) is 23.5 Å². The number of likely N-dealkylation sites (tertiary alicyclic amines) is 1. The summed E-state index contributed by atoms with van der Waals surface area (Å²) in [4.78, 5) is 19.5. The first-order valence-electron chi connectivity index (χ1n) is 12.7. The maximum absolute atomic E-state index is 13.0. The molecule has 2 aliphatic heterocycles. The predicted octanol–water partition coefficient (Wildman–Crippen LogP) is 2.50. The molecule has 5 atom stereocenters. The van der Waals surface area contributed by atoms with Gasteiger partial charge in [-0.1, -0.05) is 6.07 Å². The standard InChI is InChI=1S/C27H31N3O4.ClH/c31-20-4-3-18-14-21-27(33)8-5-19(29-22(32)13-16-6-10-28-11-7-16)25-26(27,23(18)24(20)34-25)9-12-30(21)15-17-1-2-17;/h3-4,6-7,10-11,17,19,21,25,31,33H,1-2,5,8-9,12-15H2,(H,29,32);1H/t19-,21-,25+,26+,27-;/m1./s1. The Morgan fingerprint density at radius 3 is 2.74 bits per heavy atom. The van der Waals surface area contributed by atoms with Crippen molar-refractivity contribution in [2.75, 3.05) is 13.1 Å². The van der Waals surface area contributed by atoms with Gasteiger partial charge in [0, 0.05) is 30.5 Å². The molecule has 3 heterocycles. The number of aromatic hydroxyl groups is 1. The number of aliphatic hydroxyl groups is 1. The van der Waals surface area contributed by atoms with E-state index in [0.29, 0.717) is 18.6 Å². The second-order valence-electron chi connectivity index (χ2n) is 11.0. The van der Waals surface area contributed by atoms with Crippen LogP contribution in [0.2, 0.25) is 0 Å². The maximum atomic E-state index is 13.0. The van der Waals surface area contributed by atoms with Gasteiger partial charge in [0.1, 0.15) is 6.10 Å². The number of hydrogen-bond donors (Lipinski definition) is 3. The van der Waals surface area contributed by atoms with Crippen LogP contribution in [-0.2, 0) is 23.1 Å². The zero-order valence-corrected chi connectivity index (χ0v) is 20.5. The number of piperidine rings is 1. The van der Waals surface area contributed by atoms with E-state index in [9.17, 15) is 15.0 Å². The fraction of sp³-hybridized carbons (Fsp3) is 0.556. The van der Waals surface area contributed by atoms with Gasteiger partial charge in [-0.3, -0.25) is 14.7 Å². The van der Waals surface area contributed by atoms with E-state index in [2.05, 4.69) is 15.2 Å². The second-order valence-corrected chi connectivity index (χ2v) is 11.0. The van der Waals surface area contributed by atoms with Gasteiger partial charge in [-0.15, -0.1) is 12.4 Å². The largest absolute Gasteiger partial charge is 0.504 e. The number of phenols is 1. The number of halogens is 1. The van der Waals surface area contributed by atoms with Gasteiger partial charge in [0.15, 0.2) is 11.5 Å². The highest BCUT2D eigenvalue weighted by Gasteiger charge is 2.73. The van der Waals surface area contributed by atoms with Crippen molar-refractivity contribution in [1.82, 2.24) is 15.2 Å². The smallest absolute Gasteiger partial charge is 0.224 e. The van der Waals surface area contributed by atoms with Crippen LogP contribution in [0, 0.1) is 5.92 Å². The van der Waals surface area contributed by atoms with Crippen molar-refractivity contribution in [3.63, 3.8) is 0 Å². The Labute approximate surface area is 211 Å². The first-order chi connectivity index (χ1) is 16.5. The third-order valence-corrected chi connectivity index (χ3v) is 9.22. The van der Waals surface area contributed by atoms with E-state index in [0.717, 1.165) is 43.0 Å². The van der Waals surface area contributed by atoms with Crippen LogP contribution in [0.15, 0.2) is 36.7 Å². The minimum absolute atomic E-state index is 0. The molecule has 2 bridgehead atoms. The van der Waals surface area contributed by atoms with Gasteiger partial charge < -0.3 is 20.3 Å². The number of aromatic nitrogens is 1. The molecule has 3 aliphatic carbocycles. The molecule has 186 valence electrons. The van der Waals surface area contributed by atoms with Crippen molar-refractivity contribution in [3.8, 4) is 11.5 Å². The molecule has 2 saturated carbocycles. The summed E-state index contributed by atoms with van der Waals surface area (Å²) in [7, 11) is 0. The van der Waals surface area contributed by atoms with Crippen LogP contribution >= 0.6 is 12.4 Å². The second kappa shape index (κ2) is 8.08. The van der Waals surface area contributed by atoms with Crippen molar-refractivity contribution in [2.45, 2.75) is 74.1 Å². The number of pyridine rings is 1. The van der Waals surface area contributed by atoms with E-state index in [1.807, 2.05) is 18.2 Å². The molecule has 7 nitrogen and oxygen atoms in total. The molecule has 1 amide bonds. The molecule has 1 aromatic carbocycles. The van der Waals surface area contributed by atoms with Crippen LogP contribution < -0.4 is 10.1 Å². The number of amides is 1. The van der Waals surface area contributed by atoms with Gasteiger partial charge in [-0.25, -0.2) is 0 Å². The van der Waals surface area contributed by atoms with Gasteiger partial charge >= 0.3 is 0 Å². The fourth-order valence-electron chi connectivity index (χ4n) is 7.57. The highest BCUT2D eigenvalue weighted by Crippen LogP contribution is 2.65. The topological polar surface area (TPSA) is 94.9 Å². The summed E-state index contributed by atoms with van der Waals surface area (Å²) in [5.41, 5.74) is 1.55. The van der Waals surface area contributed by atoms with Crippen molar-refractivity contribution in [3.05, 3.63) is 53.3 Å². The summed E-state index contributed by atoms with van der Waals surface area (Å²) >= 11 is 0. The lowest BCUT2D eigenvalue weighted by Gasteiger charge is -2.64. The quantitative estimate of drug-likeness (QED) is 0.587. The zero-order valence-electron chi connectivity index (χ0n) is 19.7. The summed E-state index contributed by atoms with van der Waals surface area (Å²) in [5.74, 6) is 1.35. The Hall–Kier alpha value is -2.35. The van der Waals surface area contributed by atoms with Crippen molar-refractivity contribution < 1.29 is 19.7 Å². The normalized spacial score (nSPS) is 34.4. The SMILES string of the molecule is Cl.O=C(Cc1ccncc1)N[C@@H]1CC[C@@]2(O)[C@H]3Cc4ccc(O)c5c4[C@@]2(CCN3CC2CC2)[C@H]1O5. The Kier molecular flexibility index (Phi) is 5.33. The monoisotopic (exact) mass is 497 g/mol. The molecule has 1 saturated heterocycles. The lowest BCUT2D eigenvalue weighted by molar-refractivity contribution is -0.192. The summed E-state index contributed by atoms with van der Waals surface area (Å²) in [6.07, 6.45) is 8.70. The maximum Gasteiger partial charge on any atom is 0.224 e. The number of phenolic OH excluding ortho intramolecular Hbond substituents is 1. The molecular weight excluding hydrogens is 466 g/mol. The van der Waals surface area contributed by atoms with E-state index in [1.54, 1.807) is 18.5 Å².